The van der Waals surface area contributed by atoms with Crippen LogP contribution < -0.4 is 5.32 Å². The summed E-state index contributed by atoms with van der Waals surface area (Å²) in [5.74, 6) is 0. The molecule has 2 nitrogen and oxygen atoms in total. The van der Waals surface area contributed by atoms with E-state index >= 15 is 0 Å². The smallest absolute Gasteiger partial charge is 0.0485 e. The van der Waals surface area contributed by atoms with E-state index < -0.39 is 0 Å². The Morgan fingerprint density at radius 2 is 1.79 bits per heavy atom. The van der Waals surface area contributed by atoms with Crippen LogP contribution in [-0.4, -0.2) is 19.3 Å². The lowest BCUT2D eigenvalue weighted by molar-refractivity contribution is 0.0904. The molecular weight excluding hydrogens is 198 g/mol. The fourth-order valence-electron chi connectivity index (χ4n) is 1.62. The molecule has 76 valence electrons. The van der Waals surface area contributed by atoms with E-state index in [9.17, 15) is 0 Å². The summed E-state index contributed by atoms with van der Waals surface area (Å²) in [5, 5.41) is 4.25. The van der Waals surface area contributed by atoms with Gasteiger partial charge in [-0.15, -0.1) is 0 Å². The Labute approximate surface area is 89.2 Å². The molecule has 1 saturated heterocycles. The fraction of sp³-hybridized carbons (Fsp3) is 0.455. The molecule has 2 rings (SSSR count). The number of anilines is 1. The normalized spacial score (nSPS) is 18.1. The van der Waals surface area contributed by atoms with E-state index in [4.69, 9.17) is 16.3 Å². The second-order valence-electron chi connectivity index (χ2n) is 3.54. The van der Waals surface area contributed by atoms with Crippen molar-refractivity contribution in [3.05, 3.63) is 29.3 Å². The molecule has 0 aromatic heterocycles. The van der Waals surface area contributed by atoms with Crippen molar-refractivity contribution < 1.29 is 4.74 Å². The van der Waals surface area contributed by atoms with Crippen molar-refractivity contribution in [2.75, 3.05) is 18.5 Å². The zero-order valence-corrected chi connectivity index (χ0v) is 8.76. The quantitative estimate of drug-likeness (QED) is 0.812. The SMILES string of the molecule is Clc1ccc(NC2CCOCC2)cc1. The number of halogens is 1. The van der Waals surface area contributed by atoms with E-state index in [1.165, 1.54) is 0 Å². The van der Waals surface area contributed by atoms with Gasteiger partial charge in [-0.05, 0) is 37.1 Å². The van der Waals surface area contributed by atoms with E-state index in [0.717, 1.165) is 36.8 Å². The summed E-state index contributed by atoms with van der Waals surface area (Å²) < 4.78 is 5.30. The second-order valence-corrected chi connectivity index (χ2v) is 3.97. The number of benzene rings is 1. The zero-order chi connectivity index (χ0) is 9.80. The summed E-state index contributed by atoms with van der Waals surface area (Å²) in [5.41, 5.74) is 1.14. The molecule has 1 heterocycles. The summed E-state index contributed by atoms with van der Waals surface area (Å²) >= 11 is 5.81. The molecule has 0 amide bonds. The third-order valence-corrected chi connectivity index (χ3v) is 2.69. The average Bonchev–Trinajstić information content (AvgIpc) is 2.23. The van der Waals surface area contributed by atoms with Gasteiger partial charge in [-0.3, -0.25) is 0 Å². The van der Waals surface area contributed by atoms with Crippen LogP contribution in [0.5, 0.6) is 0 Å². The van der Waals surface area contributed by atoms with Crippen LogP contribution >= 0.6 is 11.6 Å². The van der Waals surface area contributed by atoms with Crippen LogP contribution in [0.4, 0.5) is 5.69 Å². The monoisotopic (exact) mass is 211 g/mol. The van der Waals surface area contributed by atoms with E-state index in [1.807, 2.05) is 24.3 Å². The lowest BCUT2D eigenvalue weighted by Gasteiger charge is -2.24. The van der Waals surface area contributed by atoms with Crippen LogP contribution in [-0.2, 0) is 4.74 Å². The van der Waals surface area contributed by atoms with Gasteiger partial charge in [0.15, 0.2) is 0 Å². The minimum Gasteiger partial charge on any atom is -0.382 e. The Balaban J connectivity index is 1.92. The first-order valence-corrected chi connectivity index (χ1v) is 5.32. The highest BCUT2D eigenvalue weighted by Crippen LogP contribution is 2.17. The van der Waals surface area contributed by atoms with Crippen molar-refractivity contribution in [1.82, 2.24) is 0 Å². The molecular formula is C11H14ClNO. The Morgan fingerprint density at radius 1 is 1.14 bits per heavy atom. The van der Waals surface area contributed by atoms with Crippen LogP contribution in [0.2, 0.25) is 5.02 Å². The molecule has 0 spiro atoms. The Morgan fingerprint density at radius 3 is 2.43 bits per heavy atom. The molecule has 0 atom stereocenters. The summed E-state index contributed by atoms with van der Waals surface area (Å²) in [4.78, 5) is 0. The van der Waals surface area contributed by atoms with E-state index in [-0.39, 0.29) is 0 Å². The maximum atomic E-state index is 5.81. The highest BCUT2D eigenvalue weighted by atomic mass is 35.5. The molecule has 14 heavy (non-hydrogen) atoms. The van der Waals surface area contributed by atoms with Gasteiger partial charge in [0.2, 0.25) is 0 Å². The molecule has 3 heteroatoms. The maximum absolute atomic E-state index is 5.81. The minimum absolute atomic E-state index is 0.546. The number of hydrogen-bond acceptors (Lipinski definition) is 2. The standard InChI is InChI=1S/C11H14ClNO/c12-9-1-3-10(4-2-9)13-11-5-7-14-8-6-11/h1-4,11,13H,5-8H2. The van der Waals surface area contributed by atoms with Gasteiger partial charge in [-0.25, -0.2) is 0 Å². The van der Waals surface area contributed by atoms with Gasteiger partial charge < -0.3 is 10.1 Å². The third kappa shape index (κ3) is 2.63. The number of rotatable bonds is 2. The first kappa shape index (κ1) is 9.81. The van der Waals surface area contributed by atoms with Crippen LogP contribution in [0.1, 0.15) is 12.8 Å². The molecule has 0 bridgehead atoms. The fourth-order valence-corrected chi connectivity index (χ4v) is 1.75. The minimum atomic E-state index is 0.546. The Bertz CT molecular complexity index is 280. The van der Waals surface area contributed by atoms with Crippen molar-refractivity contribution in [1.29, 1.82) is 0 Å². The highest BCUT2D eigenvalue weighted by molar-refractivity contribution is 6.30. The molecule has 0 unspecified atom stereocenters. The second kappa shape index (κ2) is 4.67. The maximum Gasteiger partial charge on any atom is 0.0485 e. The number of ether oxygens (including phenoxy) is 1. The van der Waals surface area contributed by atoms with E-state index in [2.05, 4.69) is 5.32 Å². The lowest BCUT2D eigenvalue weighted by atomic mass is 10.1. The predicted molar refractivity (Wildman–Crippen MR) is 58.9 cm³/mol. The van der Waals surface area contributed by atoms with Gasteiger partial charge in [0.1, 0.15) is 0 Å². The third-order valence-electron chi connectivity index (χ3n) is 2.44. The van der Waals surface area contributed by atoms with Gasteiger partial charge >= 0.3 is 0 Å². The summed E-state index contributed by atoms with van der Waals surface area (Å²) in [6, 6.07) is 8.38. The predicted octanol–water partition coefficient (Wildman–Crippen LogP) is 2.93. The molecule has 1 N–H and O–H groups in total. The van der Waals surface area contributed by atoms with Gasteiger partial charge in [0.05, 0.1) is 0 Å². The molecule has 0 saturated carbocycles. The molecule has 1 aliphatic heterocycles. The van der Waals surface area contributed by atoms with Crippen molar-refractivity contribution in [3.63, 3.8) is 0 Å². The lowest BCUT2D eigenvalue weighted by Crippen LogP contribution is -2.27. The van der Waals surface area contributed by atoms with Crippen LogP contribution in [0.25, 0.3) is 0 Å². The van der Waals surface area contributed by atoms with Crippen LogP contribution in [0.15, 0.2) is 24.3 Å². The first-order valence-electron chi connectivity index (χ1n) is 4.94. The molecule has 1 fully saturated rings. The van der Waals surface area contributed by atoms with Gasteiger partial charge in [0.25, 0.3) is 0 Å². The van der Waals surface area contributed by atoms with Gasteiger partial charge in [-0.2, -0.15) is 0 Å². The summed E-state index contributed by atoms with van der Waals surface area (Å²) in [6.45, 7) is 1.73. The average molecular weight is 212 g/mol. The van der Waals surface area contributed by atoms with Crippen LogP contribution in [0.3, 0.4) is 0 Å². The Kier molecular flexibility index (Phi) is 3.27. The Hall–Kier alpha value is -0.730. The number of hydrogen-bond donors (Lipinski definition) is 1. The van der Waals surface area contributed by atoms with E-state index in [1.54, 1.807) is 0 Å². The van der Waals surface area contributed by atoms with Crippen LogP contribution in [0, 0.1) is 0 Å². The van der Waals surface area contributed by atoms with Crippen molar-refractivity contribution >= 4 is 17.3 Å². The van der Waals surface area contributed by atoms with E-state index in [0.29, 0.717) is 6.04 Å². The molecule has 0 radical (unpaired) electrons. The number of nitrogens with one attached hydrogen (secondary N) is 1. The summed E-state index contributed by atoms with van der Waals surface area (Å²) in [6.07, 6.45) is 2.17. The van der Waals surface area contributed by atoms with Crippen molar-refractivity contribution in [2.45, 2.75) is 18.9 Å². The first-order chi connectivity index (χ1) is 6.84. The highest BCUT2D eigenvalue weighted by Gasteiger charge is 2.12. The largest absolute Gasteiger partial charge is 0.382 e. The van der Waals surface area contributed by atoms with Crippen molar-refractivity contribution in [3.8, 4) is 0 Å². The van der Waals surface area contributed by atoms with Gasteiger partial charge in [0, 0.05) is 30.0 Å². The molecule has 1 aromatic carbocycles. The summed E-state index contributed by atoms with van der Waals surface area (Å²) in [7, 11) is 0. The molecule has 1 aromatic rings. The zero-order valence-electron chi connectivity index (χ0n) is 8.00. The van der Waals surface area contributed by atoms with Gasteiger partial charge in [-0.1, -0.05) is 11.6 Å². The molecule has 0 aliphatic carbocycles. The topological polar surface area (TPSA) is 21.3 Å². The molecule has 1 aliphatic rings. The van der Waals surface area contributed by atoms with Crippen molar-refractivity contribution in [2.24, 2.45) is 0 Å².